The van der Waals surface area contributed by atoms with Crippen LogP contribution in [0.3, 0.4) is 0 Å². The molecule has 1 unspecified atom stereocenters. The molecular weight excluding hydrogens is 270 g/mol. The maximum Gasteiger partial charge on any atom is 0.303 e. The molecule has 0 aliphatic heterocycles. The summed E-state index contributed by atoms with van der Waals surface area (Å²) in [4.78, 5) is 22.8. The van der Waals surface area contributed by atoms with E-state index in [2.05, 4.69) is 5.32 Å². The summed E-state index contributed by atoms with van der Waals surface area (Å²) in [5.41, 5.74) is 0.412. The summed E-state index contributed by atoms with van der Waals surface area (Å²) < 4.78 is 5.09. The molecule has 1 amide bonds. The molecule has 0 aliphatic rings. The summed E-state index contributed by atoms with van der Waals surface area (Å²) in [7, 11) is 1.60. The maximum absolute atomic E-state index is 12.0. The number of hydrogen-bond donors (Lipinski definition) is 2. The molecule has 1 atom stereocenters. The largest absolute Gasteiger partial charge is 0.497 e. The third-order valence-electron chi connectivity index (χ3n) is 3.26. The van der Waals surface area contributed by atoms with Crippen molar-refractivity contribution < 1.29 is 19.4 Å². The fraction of sp³-hybridized carbons (Fsp3) is 0.500. The average Bonchev–Trinajstić information content (AvgIpc) is 2.36. The van der Waals surface area contributed by atoms with Gasteiger partial charge in [0.25, 0.3) is 0 Å². The van der Waals surface area contributed by atoms with E-state index in [4.69, 9.17) is 9.84 Å². The minimum atomic E-state index is -0.893. The number of benzene rings is 1. The van der Waals surface area contributed by atoms with Gasteiger partial charge in [-0.1, -0.05) is 26.0 Å². The van der Waals surface area contributed by atoms with E-state index in [1.165, 1.54) is 0 Å². The van der Waals surface area contributed by atoms with Gasteiger partial charge in [-0.3, -0.25) is 9.59 Å². The number of ether oxygens (including phenoxy) is 1. The van der Waals surface area contributed by atoms with Crippen LogP contribution < -0.4 is 10.1 Å². The second-order valence-electron chi connectivity index (χ2n) is 5.97. The first-order valence-electron chi connectivity index (χ1n) is 6.88. The lowest BCUT2D eigenvalue weighted by molar-refractivity contribution is -0.139. The number of carboxylic acid groups (broad SMARTS) is 1. The Kier molecular flexibility index (Phi) is 5.76. The topological polar surface area (TPSA) is 75.6 Å². The van der Waals surface area contributed by atoms with Crippen molar-refractivity contribution in [3.63, 3.8) is 0 Å². The summed E-state index contributed by atoms with van der Waals surface area (Å²) in [5.74, 6) is -0.277. The second kappa shape index (κ2) is 7.11. The summed E-state index contributed by atoms with van der Waals surface area (Å²) in [5, 5.41) is 11.7. The quantitative estimate of drug-likeness (QED) is 0.810. The van der Waals surface area contributed by atoms with Gasteiger partial charge in [-0.05, 0) is 30.0 Å². The van der Waals surface area contributed by atoms with Crippen LogP contribution >= 0.6 is 0 Å². The predicted octanol–water partition coefficient (Wildman–Crippen LogP) is 2.76. The Balaban J connectivity index is 2.58. The predicted molar refractivity (Wildman–Crippen MR) is 80.2 cm³/mol. The third-order valence-corrected chi connectivity index (χ3v) is 3.26. The first-order chi connectivity index (χ1) is 9.73. The van der Waals surface area contributed by atoms with Gasteiger partial charge in [-0.2, -0.15) is 0 Å². The van der Waals surface area contributed by atoms with E-state index in [1.54, 1.807) is 21.0 Å². The first kappa shape index (κ1) is 17.0. The fourth-order valence-electron chi connectivity index (χ4n) is 2.17. The molecule has 0 saturated heterocycles. The molecule has 1 aromatic carbocycles. The minimum Gasteiger partial charge on any atom is -0.497 e. The van der Waals surface area contributed by atoms with E-state index in [1.807, 2.05) is 31.2 Å². The summed E-state index contributed by atoms with van der Waals surface area (Å²) in [6.45, 7) is 5.45. The number of aliphatic carboxylic acids is 1. The van der Waals surface area contributed by atoms with Gasteiger partial charge in [0.1, 0.15) is 5.75 Å². The lowest BCUT2D eigenvalue weighted by Crippen LogP contribution is -2.31. The number of carboxylic acids is 1. The molecule has 1 rings (SSSR count). The maximum atomic E-state index is 12.0. The highest BCUT2D eigenvalue weighted by molar-refractivity contribution is 5.78. The van der Waals surface area contributed by atoms with Crippen molar-refractivity contribution in [1.82, 2.24) is 5.32 Å². The molecule has 5 nitrogen and oxygen atoms in total. The van der Waals surface area contributed by atoms with Crippen LogP contribution in [-0.4, -0.2) is 24.1 Å². The smallest absolute Gasteiger partial charge is 0.303 e. The molecular formula is C16H23NO4. The van der Waals surface area contributed by atoms with Crippen molar-refractivity contribution in [2.45, 2.75) is 39.7 Å². The van der Waals surface area contributed by atoms with Gasteiger partial charge in [-0.15, -0.1) is 0 Å². The lowest BCUT2D eigenvalue weighted by Gasteiger charge is -2.23. The van der Waals surface area contributed by atoms with Crippen molar-refractivity contribution in [1.29, 1.82) is 0 Å². The normalized spacial score (nSPS) is 12.6. The molecule has 21 heavy (non-hydrogen) atoms. The molecule has 0 aromatic heterocycles. The molecule has 1 aromatic rings. The Morgan fingerprint density at radius 2 is 1.81 bits per heavy atom. The van der Waals surface area contributed by atoms with E-state index in [-0.39, 0.29) is 24.8 Å². The number of carbonyl (C=O) groups is 2. The van der Waals surface area contributed by atoms with E-state index < -0.39 is 11.4 Å². The average molecular weight is 293 g/mol. The van der Waals surface area contributed by atoms with Crippen LogP contribution in [0.5, 0.6) is 5.75 Å². The molecule has 2 N–H and O–H groups in total. The highest BCUT2D eigenvalue weighted by atomic mass is 16.5. The van der Waals surface area contributed by atoms with E-state index in [0.29, 0.717) is 0 Å². The Morgan fingerprint density at radius 1 is 1.24 bits per heavy atom. The number of nitrogens with one attached hydrogen (secondary N) is 1. The van der Waals surface area contributed by atoms with Crippen LogP contribution in [0.1, 0.15) is 45.2 Å². The Morgan fingerprint density at radius 3 is 2.29 bits per heavy atom. The van der Waals surface area contributed by atoms with Crippen molar-refractivity contribution in [2.75, 3.05) is 7.11 Å². The van der Waals surface area contributed by atoms with Gasteiger partial charge in [0.05, 0.1) is 19.6 Å². The lowest BCUT2D eigenvalue weighted by atomic mass is 9.85. The van der Waals surface area contributed by atoms with Gasteiger partial charge in [-0.25, -0.2) is 0 Å². The molecule has 116 valence electrons. The Bertz CT molecular complexity index is 494. The summed E-state index contributed by atoms with van der Waals surface area (Å²) in [6.07, 6.45) is 0.150. The van der Waals surface area contributed by atoms with Gasteiger partial charge in [0, 0.05) is 6.42 Å². The highest BCUT2D eigenvalue weighted by Gasteiger charge is 2.25. The molecule has 0 radical (unpaired) electrons. The van der Waals surface area contributed by atoms with Crippen molar-refractivity contribution in [3.8, 4) is 5.75 Å². The minimum absolute atomic E-state index is 0.0304. The summed E-state index contributed by atoms with van der Waals surface area (Å²) >= 11 is 0. The highest BCUT2D eigenvalue weighted by Crippen LogP contribution is 2.25. The SMILES string of the molecule is COc1ccc(C(C)NC(=O)CC(C)(C)CC(=O)O)cc1. The van der Waals surface area contributed by atoms with E-state index >= 15 is 0 Å². The van der Waals surface area contributed by atoms with Crippen LogP contribution in [0.25, 0.3) is 0 Å². The molecule has 0 fully saturated rings. The van der Waals surface area contributed by atoms with Crippen molar-refractivity contribution in [3.05, 3.63) is 29.8 Å². The van der Waals surface area contributed by atoms with Crippen LogP contribution in [0, 0.1) is 5.41 Å². The number of hydrogen-bond acceptors (Lipinski definition) is 3. The Hall–Kier alpha value is -2.04. The van der Waals surface area contributed by atoms with Crippen molar-refractivity contribution >= 4 is 11.9 Å². The van der Waals surface area contributed by atoms with Crippen LogP contribution in [-0.2, 0) is 9.59 Å². The summed E-state index contributed by atoms with van der Waals surface area (Å²) in [6, 6.07) is 7.33. The Labute approximate surface area is 125 Å². The van der Waals surface area contributed by atoms with Crippen molar-refractivity contribution in [2.24, 2.45) is 5.41 Å². The zero-order chi connectivity index (χ0) is 16.0. The van der Waals surface area contributed by atoms with Gasteiger partial charge in [0.2, 0.25) is 5.91 Å². The monoisotopic (exact) mass is 293 g/mol. The molecule has 0 heterocycles. The van der Waals surface area contributed by atoms with Gasteiger partial charge < -0.3 is 15.2 Å². The molecule has 0 aliphatic carbocycles. The number of carbonyl (C=O) groups excluding carboxylic acids is 1. The van der Waals surface area contributed by atoms with Crippen LogP contribution in [0.2, 0.25) is 0 Å². The molecule has 5 heteroatoms. The zero-order valence-electron chi connectivity index (χ0n) is 13.0. The van der Waals surface area contributed by atoms with Gasteiger partial charge in [0.15, 0.2) is 0 Å². The molecule has 0 bridgehead atoms. The van der Waals surface area contributed by atoms with Crippen LogP contribution in [0.15, 0.2) is 24.3 Å². The second-order valence-corrected chi connectivity index (χ2v) is 5.97. The molecule has 0 spiro atoms. The van der Waals surface area contributed by atoms with E-state index in [9.17, 15) is 9.59 Å². The fourth-order valence-corrected chi connectivity index (χ4v) is 2.17. The number of rotatable bonds is 7. The first-order valence-corrected chi connectivity index (χ1v) is 6.88. The number of amides is 1. The third kappa shape index (κ3) is 5.85. The van der Waals surface area contributed by atoms with Gasteiger partial charge >= 0.3 is 5.97 Å². The van der Waals surface area contributed by atoms with Crippen LogP contribution in [0.4, 0.5) is 0 Å². The zero-order valence-corrected chi connectivity index (χ0v) is 13.0. The molecule has 0 saturated carbocycles. The number of methoxy groups -OCH3 is 1. The van der Waals surface area contributed by atoms with E-state index in [0.717, 1.165) is 11.3 Å². The standard InChI is InChI=1S/C16H23NO4/c1-11(12-5-7-13(21-4)8-6-12)17-14(18)9-16(2,3)10-15(19)20/h5-8,11H,9-10H2,1-4H3,(H,17,18)(H,19,20).